The SMILES string of the molecule is COc1ncnc(C2CC2)c1-c1nccc2c1CC(c1ccc(-c3nc(C(F)(F)F)cn3C)cn1)C2. The van der Waals surface area contributed by atoms with Gasteiger partial charge in [0, 0.05) is 48.7 Å². The number of aryl methyl sites for hydroxylation is 1. The smallest absolute Gasteiger partial charge is 0.434 e. The molecule has 6 rings (SSSR count). The van der Waals surface area contributed by atoms with Gasteiger partial charge < -0.3 is 9.30 Å². The summed E-state index contributed by atoms with van der Waals surface area (Å²) in [7, 11) is 3.16. The Morgan fingerprint density at radius 1 is 1.00 bits per heavy atom. The number of imidazole rings is 1. The number of halogens is 3. The third-order valence-corrected chi connectivity index (χ3v) is 6.94. The Kier molecular flexibility index (Phi) is 5.27. The fourth-order valence-electron chi connectivity index (χ4n) is 5.04. The minimum atomic E-state index is -4.49. The zero-order valence-corrected chi connectivity index (χ0v) is 19.8. The summed E-state index contributed by atoms with van der Waals surface area (Å²) >= 11 is 0. The molecule has 1 unspecified atom stereocenters. The van der Waals surface area contributed by atoms with Crippen molar-refractivity contribution in [2.24, 2.45) is 7.05 Å². The van der Waals surface area contributed by atoms with Crippen LogP contribution in [0.1, 0.15) is 52.9 Å². The average Bonchev–Trinajstić information content (AvgIpc) is 3.49. The molecule has 4 heterocycles. The van der Waals surface area contributed by atoms with Crippen molar-refractivity contribution in [3.63, 3.8) is 0 Å². The highest BCUT2D eigenvalue weighted by Crippen LogP contribution is 2.47. The maximum absolute atomic E-state index is 13.1. The predicted molar refractivity (Wildman–Crippen MR) is 125 cm³/mol. The van der Waals surface area contributed by atoms with Crippen LogP contribution in [0.15, 0.2) is 43.1 Å². The first-order valence-electron chi connectivity index (χ1n) is 11.8. The van der Waals surface area contributed by atoms with E-state index in [1.165, 1.54) is 10.1 Å². The molecule has 184 valence electrons. The first-order chi connectivity index (χ1) is 17.3. The summed E-state index contributed by atoms with van der Waals surface area (Å²) < 4.78 is 46.1. The Labute approximate surface area is 205 Å². The molecule has 2 aliphatic carbocycles. The molecule has 36 heavy (non-hydrogen) atoms. The fraction of sp³-hybridized carbons (Fsp3) is 0.346. The van der Waals surface area contributed by atoms with E-state index < -0.39 is 11.9 Å². The number of hydrogen-bond acceptors (Lipinski definition) is 6. The van der Waals surface area contributed by atoms with E-state index in [-0.39, 0.29) is 11.7 Å². The number of nitrogens with zero attached hydrogens (tertiary/aromatic N) is 6. The summed E-state index contributed by atoms with van der Waals surface area (Å²) in [5, 5.41) is 0. The van der Waals surface area contributed by atoms with Crippen LogP contribution in [0.2, 0.25) is 0 Å². The minimum absolute atomic E-state index is 0.129. The van der Waals surface area contributed by atoms with Crippen molar-refractivity contribution in [1.82, 2.24) is 29.5 Å². The Hall–Kier alpha value is -3.82. The molecule has 0 aliphatic heterocycles. The number of methoxy groups -OCH3 is 1. The molecule has 4 aromatic heterocycles. The lowest BCUT2D eigenvalue weighted by molar-refractivity contribution is -0.140. The Balaban J connectivity index is 1.30. The van der Waals surface area contributed by atoms with Crippen molar-refractivity contribution in [3.8, 4) is 28.5 Å². The van der Waals surface area contributed by atoms with Crippen LogP contribution in [0.3, 0.4) is 0 Å². The van der Waals surface area contributed by atoms with Crippen LogP contribution >= 0.6 is 0 Å². The summed E-state index contributed by atoms with van der Waals surface area (Å²) in [4.78, 5) is 22.0. The number of fused-ring (bicyclic) bond motifs is 1. The van der Waals surface area contributed by atoms with Gasteiger partial charge in [0.15, 0.2) is 5.69 Å². The molecule has 0 N–H and O–H groups in total. The zero-order chi connectivity index (χ0) is 25.0. The lowest BCUT2D eigenvalue weighted by atomic mass is 9.98. The zero-order valence-electron chi connectivity index (χ0n) is 19.8. The first-order valence-corrected chi connectivity index (χ1v) is 11.8. The molecule has 10 heteroatoms. The van der Waals surface area contributed by atoms with Crippen LogP contribution in [0.5, 0.6) is 5.88 Å². The maximum Gasteiger partial charge on any atom is 0.434 e. The molecule has 0 amide bonds. The summed E-state index contributed by atoms with van der Waals surface area (Å²) in [5.74, 6) is 1.30. The average molecular weight is 493 g/mol. The van der Waals surface area contributed by atoms with Gasteiger partial charge in [-0.1, -0.05) is 0 Å². The van der Waals surface area contributed by atoms with E-state index in [0.29, 0.717) is 17.4 Å². The van der Waals surface area contributed by atoms with Crippen LogP contribution in [0.25, 0.3) is 22.6 Å². The molecule has 0 saturated heterocycles. The quantitative estimate of drug-likeness (QED) is 0.385. The van der Waals surface area contributed by atoms with Crippen molar-refractivity contribution < 1.29 is 17.9 Å². The molecule has 1 saturated carbocycles. The Morgan fingerprint density at radius 3 is 2.50 bits per heavy atom. The number of aromatic nitrogens is 6. The highest BCUT2D eigenvalue weighted by Gasteiger charge is 2.35. The fourth-order valence-corrected chi connectivity index (χ4v) is 5.04. The molecule has 0 bridgehead atoms. The van der Waals surface area contributed by atoms with Crippen LogP contribution in [0.4, 0.5) is 13.2 Å². The van der Waals surface area contributed by atoms with E-state index in [0.717, 1.165) is 60.1 Å². The van der Waals surface area contributed by atoms with Gasteiger partial charge in [0.1, 0.15) is 12.2 Å². The second-order valence-corrected chi connectivity index (χ2v) is 9.35. The lowest BCUT2D eigenvalue weighted by Crippen LogP contribution is -2.05. The van der Waals surface area contributed by atoms with Gasteiger partial charge in [-0.05, 0) is 55.0 Å². The number of rotatable bonds is 5. The number of ether oxygens (including phenoxy) is 1. The van der Waals surface area contributed by atoms with E-state index in [1.807, 2.05) is 18.3 Å². The third kappa shape index (κ3) is 3.90. The van der Waals surface area contributed by atoms with Gasteiger partial charge in [-0.3, -0.25) is 9.97 Å². The van der Waals surface area contributed by atoms with E-state index in [1.54, 1.807) is 32.7 Å². The molecule has 1 fully saturated rings. The second kappa shape index (κ2) is 8.39. The van der Waals surface area contributed by atoms with Gasteiger partial charge in [0.05, 0.1) is 24.1 Å². The first kappa shape index (κ1) is 22.6. The molecular weight excluding hydrogens is 469 g/mol. The highest BCUT2D eigenvalue weighted by atomic mass is 19.4. The lowest BCUT2D eigenvalue weighted by Gasteiger charge is -2.14. The van der Waals surface area contributed by atoms with E-state index in [2.05, 4.69) is 19.9 Å². The van der Waals surface area contributed by atoms with Gasteiger partial charge in [-0.25, -0.2) is 15.0 Å². The normalized spacial score (nSPS) is 17.3. The summed E-state index contributed by atoms with van der Waals surface area (Å²) in [6, 6.07) is 5.70. The van der Waals surface area contributed by atoms with Gasteiger partial charge in [0.25, 0.3) is 0 Å². The second-order valence-electron chi connectivity index (χ2n) is 9.35. The van der Waals surface area contributed by atoms with Crippen molar-refractivity contribution in [3.05, 3.63) is 71.3 Å². The summed E-state index contributed by atoms with van der Waals surface area (Å²) in [5.41, 5.74) is 5.56. The van der Waals surface area contributed by atoms with Gasteiger partial charge in [-0.2, -0.15) is 13.2 Å². The topological polar surface area (TPSA) is 78.6 Å². The van der Waals surface area contributed by atoms with E-state index in [9.17, 15) is 13.2 Å². The number of alkyl halides is 3. The standard InChI is InChI=1S/C26H23F3N6O/c1-35-12-20(26(27,28)29)34-24(35)16-5-6-19(31-11-16)17-9-15-7-8-30-23(18(15)10-17)21-22(14-3-4-14)32-13-33-25(21)36-2/h5-8,11-14,17H,3-4,9-10H2,1-2H3. The van der Waals surface area contributed by atoms with Crippen molar-refractivity contribution in [2.45, 2.75) is 43.7 Å². The third-order valence-electron chi connectivity index (χ3n) is 6.94. The van der Waals surface area contributed by atoms with Gasteiger partial charge in [-0.15, -0.1) is 0 Å². The molecular formula is C26H23F3N6O. The molecule has 2 aliphatic rings. The monoisotopic (exact) mass is 492 g/mol. The summed E-state index contributed by atoms with van der Waals surface area (Å²) in [6.45, 7) is 0. The minimum Gasteiger partial charge on any atom is -0.480 e. The molecule has 0 radical (unpaired) electrons. The highest BCUT2D eigenvalue weighted by molar-refractivity contribution is 5.73. The van der Waals surface area contributed by atoms with E-state index in [4.69, 9.17) is 9.72 Å². The van der Waals surface area contributed by atoms with Gasteiger partial charge >= 0.3 is 6.18 Å². The van der Waals surface area contributed by atoms with Crippen molar-refractivity contribution in [1.29, 1.82) is 0 Å². The van der Waals surface area contributed by atoms with Gasteiger partial charge in [0.2, 0.25) is 5.88 Å². The molecule has 0 aromatic carbocycles. The molecule has 4 aromatic rings. The summed E-state index contributed by atoms with van der Waals surface area (Å²) in [6.07, 6.45) is 5.20. The van der Waals surface area contributed by atoms with Crippen LogP contribution in [0, 0.1) is 0 Å². The Morgan fingerprint density at radius 2 is 1.83 bits per heavy atom. The van der Waals surface area contributed by atoms with Crippen molar-refractivity contribution >= 4 is 0 Å². The molecule has 7 nitrogen and oxygen atoms in total. The largest absolute Gasteiger partial charge is 0.480 e. The predicted octanol–water partition coefficient (Wildman–Crippen LogP) is 5.12. The molecule has 0 spiro atoms. The van der Waals surface area contributed by atoms with Crippen LogP contribution < -0.4 is 4.74 Å². The molecule has 1 atom stereocenters. The number of hydrogen-bond donors (Lipinski definition) is 0. The van der Waals surface area contributed by atoms with Crippen molar-refractivity contribution in [2.75, 3.05) is 7.11 Å². The Bertz CT molecular complexity index is 1440. The van der Waals surface area contributed by atoms with Crippen LogP contribution in [-0.4, -0.2) is 36.6 Å². The van der Waals surface area contributed by atoms with Crippen LogP contribution in [-0.2, 0) is 26.1 Å². The number of pyridine rings is 2. The van der Waals surface area contributed by atoms with E-state index >= 15 is 0 Å². The maximum atomic E-state index is 13.1.